The molecule has 2 aliphatic rings. The summed E-state index contributed by atoms with van der Waals surface area (Å²) in [5, 5.41) is 0. The first kappa shape index (κ1) is 13.8. The first-order valence-electron chi connectivity index (χ1n) is 7.00. The molecule has 2 N–H and O–H groups in total. The summed E-state index contributed by atoms with van der Waals surface area (Å²) >= 11 is 0. The van der Waals surface area contributed by atoms with Gasteiger partial charge in [0, 0.05) is 32.2 Å². The Kier molecular flexibility index (Phi) is 4.97. The molecule has 2 heterocycles. The molecule has 5 nitrogen and oxygen atoms in total. The standard InChI is InChI=1S/C13H25N3O2/c1-18-13(17)12(14)5-7-15-8-9-16-6-3-2-4-11(16)10-15/h11-12H,2-10,14H2,1H3. The van der Waals surface area contributed by atoms with Gasteiger partial charge in [-0.3, -0.25) is 9.69 Å². The van der Waals surface area contributed by atoms with Gasteiger partial charge in [-0.15, -0.1) is 0 Å². The van der Waals surface area contributed by atoms with E-state index in [2.05, 4.69) is 14.5 Å². The third kappa shape index (κ3) is 3.43. The molecule has 0 spiro atoms. The minimum atomic E-state index is -0.473. The molecule has 5 heteroatoms. The van der Waals surface area contributed by atoms with Crippen molar-refractivity contribution < 1.29 is 9.53 Å². The second-order valence-electron chi connectivity index (χ2n) is 5.40. The van der Waals surface area contributed by atoms with Crippen LogP contribution in [-0.2, 0) is 9.53 Å². The maximum Gasteiger partial charge on any atom is 0.322 e. The Morgan fingerprint density at radius 2 is 2.22 bits per heavy atom. The van der Waals surface area contributed by atoms with E-state index in [4.69, 9.17) is 5.73 Å². The lowest BCUT2D eigenvalue weighted by atomic mass is 9.99. The zero-order valence-corrected chi connectivity index (χ0v) is 11.3. The van der Waals surface area contributed by atoms with Crippen molar-refractivity contribution in [3.05, 3.63) is 0 Å². The van der Waals surface area contributed by atoms with Crippen LogP contribution in [0.3, 0.4) is 0 Å². The van der Waals surface area contributed by atoms with Gasteiger partial charge in [-0.2, -0.15) is 0 Å². The Labute approximate surface area is 109 Å². The Balaban J connectivity index is 1.72. The zero-order valence-electron chi connectivity index (χ0n) is 11.3. The molecular weight excluding hydrogens is 230 g/mol. The number of ether oxygens (including phenoxy) is 1. The van der Waals surface area contributed by atoms with Crippen LogP contribution in [0.25, 0.3) is 0 Å². The van der Waals surface area contributed by atoms with E-state index in [1.165, 1.54) is 32.9 Å². The van der Waals surface area contributed by atoms with Gasteiger partial charge in [0.2, 0.25) is 0 Å². The van der Waals surface area contributed by atoms with E-state index in [1.54, 1.807) is 0 Å². The molecule has 0 aromatic carbocycles. The highest BCUT2D eigenvalue weighted by Crippen LogP contribution is 2.21. The van der Waals surface area contributed by atoms with E-state index in [0.29, 0.717) is 6.42 Å². The van der Waals surface area contributed by atoms with Gasteiger partial charge in [-0.1, -0.05) is 6.42 Å². The van der Waals surface area contributed by atoms with Crippen molar-refractivity contribution in [3.63, 3.8) is 0 Å². The highest BCUT2D eigenvalue weighted by atomic mass is 16.5. The van der Waals surface area contributed by atoms with Crippen LogP contribution in [0, 0.1) is 0 Å². The van der Waals surface area contributed by atoms with Crippen molar-refractivity contribution in [2.75, 3.05) is 39.8 Å². The summed E-state index contributed by atoms with van der Waals surface area (Å²) < 4.78 is 4.65. The van der Waals surface area contributed by atoms with E-state index in [-0.39, 0.29) is 5.97 Å². The number of piperidine rings is 1. The molecule has 104 valence electrons. The van der Waals surface area contributed by atoms with Gasteiger partial charge < -0.3 is 15.4 Å². The van der Waals surface area contributed by atoms with Gasteiger partial charge in [0.15, 0.2) is 0 Å². The van der Waals surface area contributed by atoms with Crippen LogP contribution in [0.15, 0.2) is 0 Å². The number of fused-ring (bicyclic) bond motifs is 1. The summed E-state index contributed by atoms with van der Waals surface area (Å²) in [7, 11) is 1.39. The summed E-state index contributed by atoms with van der Waals surface area (Å²) in [6, 6.07) is 0.251. The summed E-state index contributed by atoms with van der Waals surface area (Å²) in [6.45, 7) is 5.57. The summed E-state index contributed by atoms with van der Waals surface area (Å²) in [4.78, 5) is 16.3. The molecule has 2 saturated heterocycles. The highest BCUT2D eigenvalue weighted by molar-refractivity contribution is 5.75. The van der Waals surface area contributed by atoms with Crippen molar-refractivity contribution in [3.8, 4) is 0 Å². The van der Waals surface area contributed by atoms with Crippen LogP contribution in [0.1, 0.15) is 25.7 Å². The lowest BCUT2D eigenvalue weighted by Gasteiger charge is -2.44. The monoisotopic (exact) mass is 255 g/mol. The quantitative estimate of drug-likeness (QED) is 0.719. The fraction of sp³-hybridized carbons (Fsp3) is 0.923. The predicted octanol–water partition coefficient (Wildman–Crippen LogP) is 0.0469. The van der Waals surface area contributed by atoms with Gasteiger partial charge in [0.1, 0.15) is 6.04 Å². The van der Waals surface area contributed by atoms with Gasteiger partial charge in [0.05, 0.1) is 7.11 Å². The van der Waals surface area contributed by atoms with Crippen LogP contribution >= 0.6 is 0 Å². The van der Waals surface area contributed by atoms with Crippen molar-refractivity contribution >= 4 is 5.97 Å². The average molecular weight is 255 g/mol. The minimum absolute atomic E-state index is 0.300. The van der Waals surface area contributed by atoms with Gasteiger partial charge in [0.25, 0.3) is 0 Å². The maximum atomic E-state index is 11.2. The number of hydrogen-bond donors (Lipinski definition) is 1. The molecule has 0 saturated carbocycles. The molecule has 0 aromatic rings. The number of nitrogens with two attached hydrogens (primary N) is 1. The fourth-order valence-corrected chi connectivity index (χ4v) is 3.01. The molecule has 18 heavy (non-hydrogen) atoms. The minimum Gasteiger partial charge on any atom is -0.468 e. The van der Waals surface area contributed by atoms with Crippen LogP contribution < -0.4 is 5.73 Å². The third-order valence-corrected chi connectivity index (χ3v) is 4.18. The average Bonchev–Trinajstić information content (AvgIpc) is 2.43. The molecule has 0 amide bonds. The number of carbonyl (C=O) groups is 1. The number of nitrogens with zero attached hydrogens (tertiary/aromatic N) is 2. The van der Waals surface area contributed by atoms with E-state index in [9.17, 15) is 4.79 Å². The molecule has 0 aliphatic carbocycles. The summed E-state index contributed by atoms with van der Waals surface area (Å²) in [5.74, 6) is -0.300. The fourth-order valence-electron chi connectivity index (χ4n) is 3.01. The number of esters is 1. The normalized spacial score (nSPS) is 27.6. The van der Waals surface area contributed by atoms with E-state index in [1.807, 2.05) is 0 Å². The van der Waals surface area contributed by atoms with Gasteiger partial charge in [-0.25, -0.2) is 0 Å². The Hall–Kier alpha value is -0.650. The van der Waals surface area contributed by atoms with Crippen molar-refractivity contribution in [2.45, 2.75) is 37.8 Å². The number of carbonyl (C=O) groups excluding carboxylic acids is 1. The van der Waals surface area contributed by atoms with Crippen molar-refractivity contribution in [1.82, 2.24) is 9.80 Å². The van der Waals surface area contributed by atoms with E-state index in [0.717, 1.165) is 32.2 Å². The molecule has 2 unspecified atom stereocenters. The highest BCUT2D eigenvalue weighted by Gasteiger charge is 2.29. The molecule has 0 bridgehead atoms. The Morgan fingerprint density at radius 3 is 3.00 bits per heavy atom. The smallest absolute Gasteiger partial charge is 0.322 e. The lowest BCUT2D eigenvalue weighted by molar-refractivity contribution is -0.142. The zero-order chi connectivity index (χ0) is 13.0. The number of piperazine rings is 1. The van der Waals surface area contributed by atoms with Crippen LogP contribution in [0.2, 0.25) is 0 Å². The first-order chi connectivity index (χ1) is 8.70. The number of rotatable bonds is 4. The molecule has 2 atom stereocenters. The molecule has 0 radical (unpaired) electrons. The van der Waals surface area contributed by atoms with Gasteiger partial charge >= 0.3 is 5.97 Å². The van der Waals surface area contributed by atoms with Crippen molar-refractivity contribution in [2.24, 2.45) is 5.73 Å². The van der Waals surface area contributed by atoms with Crippen molar-refractivity contribution in [1.29, 1.82) is 0 Å². The SMILES string of the molecule is COC(=O)C(N)CCN1CCN2CCCCC2C1. The molecule has 2 fully saturated rings. The second-order valence-corrected chi connectivity index (χ2v) is 5.40. The molecular formula is C13H25N3O2. The maximum absolute atomic E-state index is 11.2. The topological polar surface area (TPSA) is 58.8 Å². The number of methoxy groups -OCH3 is 1. The predicted molar refractivity (Wildman–Crippen MR) is 70.3 cm³/mol. The Bertz CT molecular complexity index is 285. The van der Waals surface area contributed by atoms with Gasteiger partial charge in [-0.05, 0) is 25.8 Å². The Morgan fingerprint density at radius 1 is 1.39 bits per heavy atom. The van der Waals surface area contributed by atoms with Crippen LogP contribution in [0.4, 0.5) is 0 Å². The third-order valence-electron chi connectivity index (χ3n) is 4.18. The summed E-state index contributed by atoms with van der Waals surface area (Å²) in [5.41, 5.74) is 5.77. The van der Waals surface area contributed by atoms with E-state index < -0.39 is 6.04 Å². The van der Waals surface area contributed by atoms with Crippen LogP contribution in [-0.4, -0.2) is 67.7 Å². The lowest BCUT2D eigenvalue weighted by Crippen LogP contribution is -2.55. The summed E-state index contributed by atoms with van der Waals surface area (Å²) in [6.07, 6.45) is 4.72. The second kappa shape index (κ2) is 6.50. The number of hydrogen-bond acceptors (Lipinski definition) is 5. The first-order valence-corrected chi connectivity index (χ1v) is 7.00. The molecule has 0 aromatic heterocycles. The molecule has 2 rings (SSSR count). The molecule has 2 aliphatic heterocycles. The van der Waals surface area contributed by atoms with E-state index >= 15 is 0 Å². The van der Waals surface area contributed by atoms with Crippen LogP contribution in [0.5, 0.6) is 0 Å². The largest absolute Gasteiger partial charge is 0.468 e.